The van der Waals surface area contributed by atoms with Crippen LogP contribution in [-0.4, -0.2) is 53.5 Å². The van der Waals surface area contributed by atoms with Crippen LogP contribution in [0.25, 0.3) is 0 Å². The maximum atomic E-state index is 12.2. The Balaban J connectivity index is 2.46. The van der Waals surface area contributed by atoms with E-state index in [1.165, 1.54) is 19.3 Å². The summed E-state index contributed by atoms with van der Waals surface area (Å²) >= 11 is 0. The summed E-state index contributed by atoms with van der Waals surface area (Å²) in [5, 5.41) is 13.2. The molecule has 5 nitrogen and oxygen atoms in total. The Bertz CT molecular complexity index is 366. The maximum Gasteiger partial charge on any atom is 0.410 e. The van der Waals surface area contributed by atoms with Gasteiger partial charge in [0.2, 0.25) is 0 Å². The number of carbonyl (C=O) groups excluding carboxylic acids is 1. The number of hydrogen-bond donors (Lipinski definition) is 2. The Morgan fingerprint density at radius 1 is 1.35 bits per heavy atom. The van der Waals surface area contributed by atoms with Gasteiger partial charge >= 0.3 is 6.09 Å². The Morgan fingerprint density at radius 3 is 2.52 bits per heavy atom. The normalized spacial score (nSPS) is 26.7. The first-order valence-corrected chi connectivity index (χ1v) is 8.98. The van der Waals surface area contributed by atoms with E-state index in [2.05, 4.69) is 19.2 Å². The number of carbonyl (C=O) groups is 1. The SMILES string of the molecule is CC(O)CN(CCNC1CCC(C)CC1C)C(=O)OC(C)(C)C. The molecular weight excluding hydrogens is 292 g/mol. The fourth-order valence-electron chi connectivity index (χ4n) is 3.26. The fraction of sp³-hybridized carbons (Fsp3) is 0.944. The van der Waals surface area contributed by atoms with Crippen LogP contribution >= 0.6 is 0 Å². The van der Waals surface area contributed by atoms with Crippen LogP contribution < -0.4 is 5.32 Å². The second-order valence-electron chi connectivity index (χ2n) is 8.23. The van der Waals surface area contributed by atoms with Crippen LogP contribution in [0.1, 0.15) is 60.8 Å². The zero-order valence-corrected chi connectivity index (χ0v) is 15.8. The van der Waals surface area contributed by atoms with Crippen molar-refractivity contribution in [2.45, 2.75) is 78.6 Å². The standard InChI is InChI=1S/C18H36N2O3/c1-13-7-8-16(14(2)11-13)19-9-10-20(12-15(3)21)17(22)23-18(4,5)6/h13-16,19,21H,7-12H2,1-6H3. The van der Waals surface area contributed by atoms with Crippen LogP contribution in [0, 0.1) is 11.8 Å². The lowest BCUT2D eigenvalue weighted by atomic mass is 9.80. The highest BCUT2D eigenvalue weighted by atomic mass is 16.6. The average molecular weight is 328 g/mol. The van der Waals surface area contributed by atoms with Gasteiger partial charge in [-0.2, -0.15) is 0 Å². The highest BCUT2D eigenvalue weighted by molar-refractivity contribution is 5.68. The molecule has 0 spiro atoms. The molecule has 5 heteroatoms. The van der Waals surface area contributed by atoms with Gasteiger partial charge in [-0.1, -0.05) is 13.8 Å². The summed E-state index contributed by atoms with van der Waals surface area (Å²) in [6.07, 6.45) is 2.82. The van der Waals surface area contributed by atoms with Gasteiger partial charge in [0, 0.05) is 25.7 Å². The van der Waals surface area contributed by atoms with Crippen molar-refractivity contribution in [3.05, 3.63) is 0 Å². The third-order valence-corrected chi connectivity index (χ3v) is 4.36. The van der Waals surface area contributed by atoms with Gasteiger partial charge in [0.15, 0.2) is 0 Å². The number of aliphatic hydroxyl groups excluding tert-OH is 1. The lowest BCUT2D eigenvalue weighted by Crippen LogP contribution is -2.46. The molecule has 23 heavy (non-hydrogen) atoms. The van der Waals surface area contributed by atoms with E-state index >= 15 is 0 Å². The van der Waals surface area contributed by atoms with Crippen LogP contribution in [0.5, 0.6) is 0 Å². The number of aliphatic hydroxyl groups is 1. The van der Waals surface area contributed by atoms with E-state index in [4.69, 9.17) is 4.74 Å². The highest BCUT2D eigenvalue weighted by Crippen LogP contribution is 2.28. The molecule has 0 heterocycles. The van der Waals surface area contributed by atoms with Crippen molar-refractivity contribution in [1.82, 2.24) is 10.2 Å². The molecule has 0 aromatic heterocycles. The van der Waals surface area contributed by atoms with Gasteiger partial charge in [-0.25, -0.2) is 4.79 Å². The zero-order chi connectivity index (χ0) is 17.6. The molecule has 4 unspecified atom stereocenters. The number of ether oxygens (including phenoxy) is 1. The molecule has 0 aromatic rings. The van der Waals surface area contributed by atoms with Crippen molar-refractivity contribution in [3.63, 3.8) is 0 Å². The van der Waals surface area contributed by atoms with Crippen LogP contribution in [0.3, 0.4) is 0 Å². The van der Waals surface area contributed by atoms with Crippen molar-refractivity contribution < 1.29 is 14.6 Å². The summed E-state index contributed by atoms with van der Waals surface area (Å²) in [5.41, 5.74) is -0.518. The molecule has 1 aliphatic carbocycles. The number of hydrogen-bond acceptors (Lipinski definition) is 4. The third kappa shape index (κ3) is 8.02. The van der Waals surface area contributed by atoms with Crippen molar-refractivity contribution in [2.24, 2.45) is 11.8 Å². The number of rotatable bonds is 6. The minimum atomic E-state index is -0.558. The Morgan fingerprint density at radius 2 is 2.00 bits per heavy atom. The molecule has 1 aliphatic rings. The predicted molar refractivity (Wildman–Crippen MR) is 93.5 cm³/mol. The molecule has 0 radical (unpaired) electrons. The molecule has 1 amide bonds. The second-order valence-corrected chi connectivity index (χ2v) is 8.23. The molecule has 2 N–H and O–H groups in total. The third-order valence-electron chi connectivity index (χ3n) is 4.36. The smallest absolute Gasteiger partial charge is 0.410 e. The van der Waals surface area contributed by atoms with Crippen molar-refractivity contribution in [1.29, 1.82) is 0 Å². The molecule has 1 saturated carbocycles. The Hall–Kier alpha value is -0.810. The topological polar surface area (TPSA) is 61.8 Å². The molecule has 4 atom stereocenters. The van der Waals surface area contributed by atoms with Gasteiger partial charge in [0.1, 0.15) is 5.60 Å². The molecule has 0 bridgehead atoms. The number of nitrogens with one attached hydrogen (secondary N) is 1. The largest absolute Gasteiger partial charge is 0.444 e. The number of amides is 1. The molecule has 136 valence electrons. The Kier molecular flexibility index (Phi) is 7.81. The maximum absolute atomic E-state index is 12.2. The van der Waals surface area contributed by atoms with E-state index < -0.39 is 11.7 Å². The Labute approximate surface area is 141 Å². The first-order chi connectivity index (χ1) is 10.6. The molecule has 0 aromatic carbocycles. The average Bonchev–Trinajstić information content (AvgIpc) is 2.37. The lowest BCUT2D eigenvalue weighted by Gasteiger charge is -2.34. The van der Waals surface area contributed by atoms with Gasteiger partial charge in [-0.05, 0) is 58.8 Å². The van der Waals surface area contributed by atoms with Crippen LogP contribution in [0.15, 0.2) is 0 Å². The quantitative estimate of drug-likeness (QED) is 0.787. The molecule has 1 rings (SSSR count). The monoisotopic (exact) mass is 328 g/mol. The van der Waals surface area contributed by atoms with E-state index in [0.717, 1.165) is 12.5 Å². The van der Waals surface area contributed by atoms with E-state index in [-0.39, 0.29) is 6.09 Å². The molecular formula is C18H36N2O3. The lowest BCUT2D eigenvalue weighted by molar-refractivity contribution is 0.0161. The van der Waals surface area contributed by atoms with Crippen molar-refractivity contribution in [2.75, 3.05) is 19.6 Å². The molecule has 0 aliphatic heterocycles. The number of nitrogens with zero attached hydrogens (tertiary/aromatic N) is 1. The van der Waals surface area contributed by atoms with Crippen molar-refractivity contribution in [3.8, 4) is 0 Å². The van der Waals surface area contributed by atoms with Crippen LogP contribution in [0.4, 0.5) is 4.79 Å². The van der Waals surface area contributed by atoms with Gasteiger partial charge < -0.3 is 20.1 Å². The van der Waals surface area contributed by atoms with E-state index in [0.29, 0.717) is 25.0 Å². The summed E-state index contributed by atoms with van der Waals surface area (Å²) in [6.45, 7) is 13.5. The van der Waals surface area contributed by atoms with Gasteiger partial charge in [0.25, 0.3) is 0 Å². The first-order valence-electron chi connectivity index (χ1n) is 8.98. The first kappa shape index (κ1) is 20.2. The fourth-order valence-corrected chi connectivity index (χ4v) is 3.26. The minimum Gasteiger partial charge on any atom is -0.444 e. The second kappa shape index (κ2) is 8.88. The van der Waals surface area contributed by atoms with Gasteiger partial charge in [0.05, 0.1) is 6.10 Å². The van der Waals surface area contributed by atoms with Crippen LogP contribution in [-0.2, 0) is 4.74 Å². The highest BCUT2D eigenvalue weighted by Gasteiger charge is 2.26. The summed E-state index contributed by atoms with van der Waals surface area (Å²) in [7, 11) is 0. The summed E-state index contributed by atoms with van der Waals surface area (Å²) in [5.74, 6) is 1.49. The van der Waals surface area contributed by atoms with E-state index in [1.54, 1.807) is 11.8 Å². The predicted octanol–water partition coefficient (Wildman–Crippen LogP) is 3.02. The molecule has 1 fully saturated rings. The van der Waals surface area contributed by atoms with Gasteiger partial charge in [-0.3, -0.25) is 0 Å². The molecule has 0 saturated heterocycles. The van der Waals surface area contributed by atoms with Crippen molar-refractivity contribution >= 4 is 6.09 Å². The van der Waals surface area contributed by atoms with Crippen LogP contribution in [0.2, 0.25) is 0 Å². The summed E-state index contributed by atoms with van der Waals surface area (Å²) in [6, 6.07) is 0.526. The van der Waals surface area contributed by atoms with Gasteiger partial charge in [-0.15, -0.1) is 0 Å². The van der Waals surface area contributed by atoms with E-state index in [9.17, 15) is 9.90 Å². The summed E-state index contributed by atoms with van der Waals surface area (Å²) in [4.78, 5) is 13.8. The zero-order valence-electron chi connectivity index (χ0n) is 15.8. The summed E-state index contributed by atoms with van der Waals surface area (Å²) < 4.78 is 5.43. The van der Waals surface area contributed by atoms with E-state index in [1.807, 2.05) is 20.8 Å². The minimum absolute atomic E-state index is 0.299.